The van der Waals surface area contributed by atoms with E-state index in [1.807, 2.05) is 30.5 Å². The fourth-order valence-electron chi connectivity index (χ4n) is 3.10. The highest BCUT2D eigenvalue weighted by Gasteiger charge is 2.28. The van der Waals surface area contributed by atoms with E-state index in [0.717, 1.165) is 18.4 Å². The van der Waals surface area contributed by atoms with E-state index in [1.165, 1.54) is 17.4 Å². The number of hydrogen-bond acceptors (Lipinski definition) is 4. The van der Waals surface area contributed by atoms with Gasteiger partial charge in [-0.3, -0.25) is 4.79 Å². The number of benzene rings is 1. The van der Waals surface area contributed by atoms with Gasteiger partial charge in [0.25, 0.3) is 5.91 Å². The normalized spacial score (nSPS) is 23.4. The molecule has 1 aromatic rings. The first-order valence-electron chi connectivity index (χ1n) is 8.78. The van der Waals surface area contributed by atoms with Gasteiger partial charge in [-0.15, -0.1) is 11.8 Å². The average molecular weight is 362 g/mol. The van der Waals surface area contributed by atoms with Gasteiger partial charge in [0.05, 0.1) is 0 Å². The molecule has 136 valence electrons. The molecule has 0 aliphatic heterocycles. The summed E-state index contributed by atoms with van der Waals surface area (Å²) in [6.07, 6.45) is 8.40. The third-order valence-electron chi connectivity index (χ3n) is 4.93. The molecule has 2 rings (SSSR count). The molecule has 1 saturated carbocycles. The number of amides is 1. The Bertz CT molecular complexity index is 612. The minimum Gasteiger partial charge on any atom is -0.452 e. The Morgan fingerprint density at radius 3 is 2.64 bits per heavy atom. The van der Waals surface area contributed by atoms with Gasteiger partial charge < -0.3 is 10.1 Å². The van der Waals surface area contributed by atoms with E-state index in [0.29, 0.717) is 11.8 Å². The van der Waals surface area contributed by atoms with Crippen LogP contribution < -0.4 is 5.32 Å². The molecule has 1 amide bonds. The predicted octanol–water partition coefficient (Wildman–Crippen LogP) is 3.91. The second-order valence-electron chi connectivity index (χ2n) is 6.66. The Hall–Kier alpha value is -1.75. The summed E-state index contributed by atoms with van der Waals surface area (Å²) in [5.74, 6) is 0.339. The third kappa shape index (κ3) is 6.24. The van der Waals surface area contributed by atoms with Crippen molar-refractivity contribution in [2.45, 2.75) is 44.0 Å². The van der Waals surface area contributed by atoms with Crippen LogP contribution in [0.25, 0.3) is 6.08 Å². The Morgan fingerprint density at radius 1 is 1.24 bits per heavy atom. The molecule has 0 spiro atoms. The molecule has 5 heteroatoms. The van der Waals surface area contributed by atoms with Crippen molar-refractivity contribution >= 4 is 29.7 Å². The van der Waals surface area contributed by atoms with Crippen LogP contribution in [0.2, 0.25) is 0 Å². The highest BCUT2D eigenvalue weighted by Crippen LogP contribution is 2.29. The van der Waals surface area contributed by atoms with E-state index >= 15 is 0 Å². The molecule has 0 radical (unpaired) electrons. The second-order valence-corrected chi connectivity index (χ2v) is 7.54. The van der Waals surface area contributed by atoms with Gasteiger partial charge in [-0.25, -0.2) is 4.79 Å². The predicted molar refractivity (Wildman–Crippen MR) is 102 cm³/mol. The Balaban J connectivity index is 1.75. The largest absolute Gasteiger partial charge is 0.452 e. The number of hydrogen-bond donors (Lipinski definition) is 1. The lowest BCUT2D eigenvalue weighted by Gasteiger charge is -2.34. The lowest BCUT2D eigenvalue weighted by Crippen LogP contribution is -2.45. The Kier molecular flexibility index (Phi) is 7.56. The van der Waals surface area contributed by atoms with E-state index in [2.05, 4.69) is 19.2 Å². The van der Waals surface area contributed by atoms with Crippen molar-refractivity contribution in [3.8, 4) is 0 Å². The average Bonchev–Trinajstić information content (AvgIpc) is 2.62. The fraction of sp³-hybridized carbons (Fsp3) is 0.500. The first-order chi connectivity index (χ1) is 12.0. The van der Waals surface area contributed by atoms with Crippen molar-refractivity contribution in [2.24, 2.45) is 11.8 Å². The zero-order valence-corrected chi connectivity index (χ0v) is 16.0. The zero-order chi connectivity index (χ0) is 18.2. The third-order valence-corrected chi connectivity index (χ3v) is 5.67. The summed E-state index contributed by atoms with van der Waals surface area (Å²) in [6, 6.07) is 8.05. The van der Waals surface area contributed by atoms with Gasteiger partial charge in [-0.1, -0.05) is 38.8 Å². The smallest absolute Gasteiger partial charge is 0.331 e. The van der Waals surface area contributed by atoms with Crippen LogP contribution in [0.15, 0.2) is 35.2 Å². The molecule has 1 aliphatic carbocycles. The number of esters is 1. The van der Waals surface area contributed by atoms with E-state index in [4.69, 9.17) is 4.74 Å². The molecular weight excluding hydrogens is 334 g/mol. The summed E-state index contributed by atoms with van der Waals surface area (Å²) < 4.78 is 5.03. The van der Waals surface area contributed by atoms with E-state index in [9.17, 15) is 9.59 Å². The Labute approximate surface area is 154 Å². The first-order valence-corrected chi connectivity index (χ1v) is 10.0. The van der Waals surface area contributed by atoms with Crippen molar-refractivity contribution in [1.82, 2.24) is 5.32 Å². The van der Waals surface area contributed by atoms with Crippen LogP contribution in [-0.2, 0) is 14.3 Å². The highest BCUT2D eigenvalue weighted by atomic mass is 32.2. The second kappa shape index (κ2) is 9.66. The number of nitrogens with one attached hydrogen (secondary N) is 1. The molecule has 0 unspecified atom stereocenters. The van der Waals surface area contributed by atoms with Crippen LogP contribution in [-0.4, -0.2) is 30.8 Å². The zero-order valence-electron chi connectivity index (χ0n) is 15.2. The van der Waals surface area contributed by atoms with Crippen LogP contribution in [0.4, 0.5) is 0 Å². The molecule has 1 N–H and O–H groups in total. The quantitative estimate of drug-likeness (QED) is 0.474. The summed E-state index contributed by atoms with van der Waals surface area (Å²) in [4.78, 5) is 24.9. The molecule has 3 atom stereocenters. The van der Waals surface area contributed by atoms with Gasteiger partial charge in [0.15, 0.2) is 6.61 Å². The van der Waals surface area contributed by atoms with E-state index in [-0.39, 0.29) is 18.6 Å². The SMILES string of the molecule is CSc1ccc(/C=C/C(=O)OCC(=O)N[C@H]2CCC[C@H](C)[C@@H]2C)cc1. The molecule has 0 bridgehead atoms. The molecule has 0 aromatic heterocycles. The number of carbonyl (C=O) groups is 2. The molecule has 4 nitrogen and oxygen atoms in total. The number of ether oxygens (including phenoxy) is 1. The van der Waals surface area contributed by atoms with Crippen molar-refractivity contribution in [2.75, 3.05) is 12.9 Å². The van der Waals surface area contributed by atoms with Gasteiger partial charge in [-0.05, 0) is 48.3 Å². The number of carbonyl (C=O) groups excluding carboxylic acids is 2. The van der Waals surface area contributed by atoms with Gasteiger partial charge in [0, 0.05) is 17.0 Å². The lowest BCUT2D eigenvalue weighted by atomic mass is 9.78. The molecule has 1 aliphatic rings. The maximum absolute atomic E-state index is 12.0. The van der Waals surface area contributed by atoms with Crippen molar-refractivity contribution in [3.05, 3.63) is 35.9 Å². The summed E-state index contributed by atoms with van der Waals surface area (Å²) in [5.41, 5.74) is 0.921. The van der Waals surface area contributed by atoms with Crippen LogP contribution in [0.3, 0.4) is 0 Å². The van der Waals surface area contributed by atoms with Crippen molar-refractivity contribution in [1.29, 1.82) is 0 Å². The van der Waals surface area contributed by atoms with Crippen LogP contribution >= 0.6 is 11.8 Å². The summed E-state index contributed by atoms with van der Waals surface area (Å²) in [7, 11) is 0. The number of thioether (sulfide) groups is 1. The van der Waals surface area contributed by atoms with Crippen molar-refractivity contribution < 1.29 is 14.3 Å². The minimum atomic E-state index is -0.505. The van der Waals surface area contributed by atoms with Gasteiger partial charge in [-0.2, -0.15) is 0 Å². The summed E-state index contributed by atoms with van der Waals surface area (Å²) >= 11 is 1.67. The van der Waals surface area contributed by atoms with Crippen LogP contribution in [0, 0.1) is 11.8 Å². The van der Waals surface area contributed by atoms with Crippen LogP contribution in [0.5, 0.6) is 0 Å². The van der Waals surface area contributed by atoms with Gasteiger partial charge in [0.2, 0.25) is 0 Å². The maximum atomic E-state index is 12.0. The molecule has 0 saturated heterocycles. The van der Waals surface area contributed by atoms with Crippen molar-refractivity contribution in [3.63, 3.8) is 0 Å². The monoisotopic (exact) mass is 361 g/mol. The highest BCUT2D eigenvalue weighted by molar-refractivity contribution is 7.98. The molecule has 1 aromatic carbocycles. The van der Waals surface area contributed by atoms with Gasteiger partial charge >= 0.3 is 5.97 Å². The standard InChI is InChI=1S/C20H27NO3S/c1-14-5-4-6-18(15(14)2)21-19(22)13-24-20(23)12-9-16-7-10-17(25-3)11-8-16/h7-12,14-15,18H,4-6,13H2,1-3H3,(H,21,22)/b12-9+/t14-,15-,18-/m0/s1. The van der Waals surface area contributed by atoms with Crippen LogP contribution in [0.1, 0.15) is 38.7 Å². The lowest BCUT2D eigenvalue weighted by molar-refractivity contribution is -0.144. The first kappa shape index (κ1) is 19.6. The Morgan fingerprint density at radius 2 is 1.96 bits per heavy atom. The molecule has 0 heterocycles. The van der Waals surface area contributed by atoms with Gasteiger partial charge in [0.1, 0.15) is 0 Å². The van der Waals surface area contributed by atoms with E-state index < -0.39 is 5.97 Å². The maximum Gasteiger partial charge on any atom is 0.331 e. The summed E-state index contributed by atoms with van der Waals surface area (Å²) in [5, 5.41) is 3.00. The number of rotatable bonds is 6. The minimum absolute atomic E-state index is 0.181. The summed E-state index contributed by atoms with van der Waals surface area (Å²) in [6.45, 7) is 4.16. The topological polar surface area (TPSA) is 55.4 Å². The van der Waals surface area contributed by atoms with E-state index in [1.54, 1.807) is 17.8 Å². The molecular formula is C20H27NO3S. The fourth-order valence-corrected chi connectivity index (χ4v) is 3.51. The molecule has 1 fully saturated rings. The molecule has 25 heavy (non-hydrogen) atoms.